The summed E-state index contributed by atoms with van der Waals surface area (Å²) in [6.45, 7) is 1.66. The van der Waals surface area contributed by atoms with Gasteiger partial charge in [0.05, 0.1) is 6.54 Å². The topological polar surface area (TPSA) is 72.4 Å². The zero-order valence-electron chi connectivity index (χ0n) is 14.6. The summed E-state index contributed by atoms with van der Waals surface area (Å²) in [5.74, 6) is -0.632. The molecule has 2 heterocycles. The second-order valence-electron chi connectivity index (χ2n) is 6.38. The molecule has 1 fully saturated rings. The molecule has 0 atom stereocenters. The Balaban J connectivity index is 1.79. The van der Waals surface area contributed by atoms with Crippen LogP contribution in [0.15, 0.2) is 47.4 Å². The monoisotopic (exact) mass is 359 g/mol. The number of aromatic nitrogens is 1. The highest BCUT2D eigenvalue weighted by Gasteiger charge is 2.39. The first-order chi connectivity index (χ1) is 12.5. The smallest absolute Gasteiger partial charge is 0.274 e. The average molecular weight is 359 g/mol. The van der Waals surface area contributed by atoms with Gasteiger partial charge in [-0.3, -0.25) is 9.59 Å². The van der Waals surface area contributed by atoms with Crippen molar-refractivity contribution in [1.82, 2.24) is 9.88 Å². The van der Waals surface area contributed by atoms with Gasteiger partial charge < -0.3 is 19.9 Å². The molecule has 0 unspecified atom stereocenters. The molecular formula is C19H22FN3O3. The summed E-state index contributed by atoms with van der Waals surface area (Å²) in [5.41, 5.74) is -0.237. The van der Waals surface area contributed by atoms with E-state index < -0.39 is 5.60 Å². The highest BCUT2D eigenvalue weighted by Crippen LogP contribution is 2.24. The molecule has 2 aromatic rings. The van der Waals surface area contributed by atoms with Crippen molar-refractivity contribution in [3.8, 4) is 0 Å². The van der Waals surface area contributed by atoms with Crippen LogP contribution in [0.1, 0.15) is 18.4 Å². The Kier molecular flexibility index (Phi) is 5.49. The summed E-state index contributed by atoms with van der Waals surface area (Å²) in [6, 6.07) is 9.23. The van der Waals surface area contributed by atoms with Gasteiger partial charge in [0.1, 0.15) is 17.1 Å². The highest BCUT2D eigenvalue weighted by atomic mass is 19.1. The van der Waals surface area contributed by atoms with Gasteiger partial charge in [-0.05, 0) is 55.8 Å². The van der Waals surface area contributed by atoms with Crippen molar-refractivity contribution in [2.75, 3.05) is 25.5 Å². The van der Waals surface area contributed by atoms with Crippen LogP contribution in [0.3, 0.4) is 0 Å². The Hall–Kier alpha value is -2.51. The van der Waals surface area contributed by atoms with Gasteiger partial charge in [-0.2, -0.15) is 0 Å². The van der Waals surface area contributed by atoms with Gasteiger partial charge >= 0.3 is 0 Å². The molecule has 0 aliphatic carbocycles. The van der Waals surface area contributed by atoms with Crippen LogP contribution in [0.4, 0.5) is 10.1 Å². The van der Waals surface area contributed by atoms with Gasteiger partial charge in [-0.1, -0.05) is 12.1 Å². The number of anilines is 1. The van der Waals surface area contributed by atoms with Gasteiger partial charge in [0.15, 0.2) is 0 Å². The van der Waals surface area contributed by atoms with Crippen molar-refractivity contribution >= 4 is 11.6 Å². The maximum absolute atomic E-state index is 13.0. The molecule has 6 nitrogen and oxygen atoms in total. The highest BCUT2D eigenvalue weighted by molar-refractivity contribution is 5.97. The first-order valence-corrected chi connectivity index (χ1v) is 8.55. The zero-order valence-corrected chi connectivity index (χ0v) is 14.6. The van der Waals surface area contributed by atoms with Crippen molar-refractivity contribution in [3.63, 3.8) is 0 Å². The van der Waals surface area contributed by atoms with Crippen LogP contribution in [0.5, 0.6) is 0 Å². The minimum Gasteiger partial charge on any atom is -0.368 e. The maximum Gasteiger partial charge on any atom is 0.274 e. The van der Waals surface area contributed by atoms with Crippen LogP contribution in [0.25, 0.3) is 0 Å². The molecule has 3 rings (SSSR count). The predicted molar refractivity (Wildman–Crippen MR) is 96.7 cm³/mol. The van der Waals surface area contributed by atoms with Gasteiger partial charge in [-0.15, -0.1) is 0 Å². The molecule has 0 spiro atoms. The largest absolute Gasteiger partial charge is 0.368 e. The van der Waals surface area contributed by atoms with Gasteiger partial charge in [-0.25, -0.2) is 4.39 Å². The number of nitrogens with one attached hydrogen (secondary N) is 2. The summed E-state index contributed by atoms with van der Waals surface area (Å²) < 4.78 is 20.0. The molecule has 0 bridgehead atoms. The third-order valence-corrected chi connectivity index (χ3v) is 4.75. The number of rotatable bonds is 5. The van der Waals surface area contributed by atoms with Crippen LogP contribution >= 0.6 is 0 Å². The second kappa shape index (κ2) is 7.80. The van der Waals surface area contributed by atoms with E-state index in [1.54, 1.807) is 30.5 Å². The van der Waals surface area contributed by atoms with E-state index in [1.807, 2.05) is 0 Å². The minimum atomic E-state index is -0.921. The Morgan fingerprint density at radius 2 is 1.96 bits per heavy atom. The van der Waals surface area contributed by atoms with E-state index in [0.29, 0.717) is 32.5 Å². The third-order valence-electron chi connectivity index (χ3n) is 4.75. The quantitative estimate of drug-likeness (QED) is 0.853. The van der Waals surface area contributed by atoms with Crippen molar-refractivity contribution in [2.45, 2.75) is 25.0 Å². The number of pyridine rings is 1. The van der Waals surface area contributed by atoms with E-state index in [-0.39, 0.29) is 23.0 Å². The number of carbonyl (C=O) groups excluding carboxylic acids is 1. The number of nitrogens with zero attached hydrogens (tertiary/aromatic N) is 1. The molecule has 0 saturated carbocycles. The van der Waals surface area contributed by atoms with Crippen LogP contribution in [0, 0.1) is 5.82 Å². The molecule has 2 N–H and O–H groups in total. The lowest BCUT2D eigenvalue weighted by atomic mass is 9.91. The van der Waals surface area contributed by atoms with E-state index in [9.17, 15) is 14.0 Å². The first kappa shape index (κ1) is 18.3. The van der Waals surface area contributed by atoms with Gasteiger partial charge in [0.2, 0.25) is 0 Å². The number of amides is 1. The first-order valence-electron chi connectivity index (χ1n) is 8.55. The number of piperidine rings is 1. The molecule has 1 aromatic carbocycles. The Labute approximate surface area is 151 Å². The van der Waals surface area contributed by atoms with Crippen LogP contribution in [0.2, 0.25) is 0 Å². The Bertz CT molecular complexity index is 827. The summed E-state index contributed by atoms with van der Waals surface area (Å²) in [5, 5.41) is 5.91. The van der Waals surface area contributed by atoms with Crippen LogP contribution in [-0.4, -0.2) is 36.3 Å². The van der Waals surface area contributed by atoms with Crippen molar-refractivity contribution in [2.24, 2.45) is 0 Å². The number of ether oxygens (including phenoxy) is 1. The second-order valence-corrected chi connectivity index (χ2v) is 6.38. The average Bonchev–Trinajstić information content (AvgIpc) is 2.67. The zero-order chi connectivity index (χ0) is 18.6. The fourth-order valence-corrected chi connectivity index (χ4v) is 3.13. The maximum atomic E-state index is 13.0. The molecule has 1 aromatic heterocycles. The molecule has 7 heteroatoms. The molecule has 138 valence electrons. The molecular weight excluding hydrogens is 337 g/mol. The Morgan fingerprint density at radius 1 is 1.27 bits per heavy atom. The van der Waals surface area contributed by atoms with E-state index in [0.717, 1.165) is 5.56 Å². The lowest BCUT2D eigenvalue weighted by molar-refractivity contribution is -0.140. The molecule has 26 heavy (non-hydrogen) atoms. The van der Waals surface area contributed by atoms with Crippen LogP contribution in [-0.2, 0) is 16.1 Å². The van der Waals surface area contributed by atoms with Crippen LogP contribution < -0.4 is 16.2 Å². The van der Waals surface area contributed by atoms with Crippen molar-refractivity contribution in [1.29, 1.82) is 0 Å². The van der Waals surface area contributed by atoms with E-state index in [2.05, 4.69) is 10.6 Å². The number of carbonyl (C=O) groups is 1. The number of halogens is 1. The lowest BCUT2D eigenvalue weighted by Crippen LogP contribution is -2.52. The molecule has 1 aliphatic heterocycles. The van der Waals surface area contributed by atoms with E-state index >= 15 is 0 Å². The molecule has 0 radical (unpaired) electrons. The summed E-state index contributed by atoms with van der Waals surface area (Å²) in [6.07, 6.45) is 2.73. The molecule has 1 saturated heterocycles. The minimum absolute atomic E-state index is 0.203. The summed E-state index contributed by atoms with van der Waals surface area (Å²) >= 11 is 0. The molecule has 1 amide bonds. The normalized spacial score (nSPS) is 16.2. The standard InChI is InChI=1S/C19H22FN3O3/c1-26-19(8-10-21-11-9-19)18(25)22-16-3-2-12-23(17(16)24)13-14-4-6-15(20)7-5-14/h2-7,12,21H,8-11,13H2,1H3,(H,22,25). The third kappa shape index (κ3) is 3.84. The summed E-state index contributed by atoms with van der Waals surface area (Å²) in [7, 11) is 1.52. The van der Waals surface area contributed by atoms with Gasteiger partial charge in [0, 0.05) is 13.3 Å². The lowest BCUT2D eigenvalue weighted by Gasteiger charge is -2.34. The SMILES string of the molecule is COC1(C(=O)Nc2cccn(Cc3ccc(F)cc3)c2=O)CCNCC1. The van der Waals surface area contributed by atoms with E-state index in [1.165, 1.54) is 23.8 Å². The molecule has 1 aliphatic rings. The number of hydrogen-bond acceptors (Lipinski definition) is 4. The number of benzene rings is 1. The van der Waals surface area contributed by atoms with Gasteiger partial charge in [0.25, 0.3) is 11.5 Å². The fourth-order valence-electron chi connectivity index (χ4n) is 3.13. The van der Waals surface area contributed by atoms with Crippen molar-refractivity contribution in [3.05, 3.63) is 64.3 Å². The predicted octanol–water partition coefficient (Wildman–Crippen LogP) is 1.74. The number of methoxy groups -OCH3 is 1. The van der Waals surface area contributed by atoms with Crippen molar-refractivity contribution < 1.29 is 13.9 Å². The van der Waals surface area contributed by atoms with E-state index in [4.69, 9.17) is 4.74 Å². The fraction of sp³-hybridized carbons (Fsp3) is 0.368. The number of hydrogen-bond donors (Lipinski definition) is 2. The summed E-state index contributed by atoms with van der Waals surface area (Å²) in [4.78, 5) is 25.4. The Morgan fingerprint density at radius 3 is 2.62 bits per heavy atom.